The quantitative estimate of drug-likeness (QED) is 0.517. The number of carbonyl (C=O) groups is 2. The number of nitrogens with one attached hydrogen (secondary N) is 2. The van der Waals surface area contributed by atoms with Crippen molar-refractivity contribution >= 4 is 35.3 Å². The fraction of sp³-hybridized carbons (Fsp3) is 0.0667. The van der Waals surface area contributed by atoms with Gasteiger partial charge in [0.1, 0.15) is 0 Å². The number of hydrogen-bond acceptors (Lipinski definition) is 4. The van der Waals surface area contributed by atoms with Crippen LogP contribution in [0, 0.1) is 6.92 Å². The summed E-state index contributed by atoms with van der Waals surface area (Å²) in [5.74, 6) is -1.68. The van der Waals surface area contributed by atoms with Gasteiger partial charge in [0, 0.05) is 28.7 Å². The van der Waals surface area contributed by atoms with Crippen LogP contribution in [0.2, 0.25) is 5.02 Å². The molecule has 0 saturated carbocycles. The Kier molecular flexibility index (Phi) is 5.21. The van der Waals surface area contributed by atoms with E-state index in [0.717, 1.165) is 5.56 Å². The van der Waals surface area contributed by atoms with Gasteiger partial charge in [0.15, 0.2) is 0 Å². The molecule has 1 heterocycles. The predicted octanol–water partition coefficient (Wildman–Crippen LogP) is 2.13. The molecule has 2 amide bonds. The zero-order chi connectivity index (χ0) is 15.9. The summed E-state index contributed by atoms with van der Waals surface area (Å²) in [5, 5.41) is 6.74. The van der Waals surface area contributed by atoms with Gasteiger partial charge in [-0.3, -0.25) is 14.6 Å². The highest BCUT2D eigenvalue weighted by Crippen LogP contribution is 2.19. The third-order valence-electron chi connectivity index (χ3n) is 2.71. The lowest BCUT2D eigenvalue weighted by Crippen LogP contribution is -2.32. The predicted molar refractivity (Wildman–Crippen MR) is 84.8 cm³/mol. The molecule has 0 aliphatic carbocycles. The largest absolute Gasteiger partial charge is 0.329 e. The van der Waals surface area contributed by atoms with E-state index in [1.165, 1.54) is 6.21 Å². The summed E-state index contributed by atoms with van der Waals surface area (Å²) in [4.78, 5) is 27.3. The third-order valence-corrected chi connectivity index (χ3v) is 2.94. The second kappa shape index (κ2) is 7.33. The molecular formula is C15H13ClN4O2. The molecule has 0 spiro atoms. The van der Waals surface area contributed by atoms with Gasteiger partial charge < -0.3 is 5.32 Å². The van der Waals surface area contributed by atoms with Crippen molar-refractivity contribution in [3.8, 4) is 0 Å². The molecule has 0 atom stereocenters. The van der Waals surface area contributed by atoms with E-state index in [9.17, 15) is 9.59 Å². The number of pyridine rings is 1. The summed E-state index contributed by atoms with van der Waals surface area (Å²) in [6.07, 6.45) is 4.59. The topological polar surface area (TPSA) is 83.5 Å². The highest BCUT2D eigenvalue weighted by atomic mass is 35.5. The Balaban J connectivity index is 1.92. The van der Waals surface area contributed by atoms with Crippen LogP contribution in [0.3, 0.4) is 0 Å². The number of halogens is 1. The minimum Gasteiger partial charge on any atom is -0.317 e. The van der Waals surface area contributed by atoms with E-state index in [-0.39, 0.29) is 0 Å². The molecule has 0 saturated heterocycles. The lowest BCUT2D eigenvalue weighted by atomic mass is 10.2. The molecule has 6 nitrogen and oxygen atoms in total. The molecule has 0 bridgehead atoms. The summed E-state index contributed by atoms with van der Waals surface area (Å²) >= 11 is 5.83. The molecule has 22 heavy (non-hydrogen) atoms. The van der Waals surface area contributed by atoms with Crippen molar-refractivity contribution in [2.24, 2.45) is 5.10 Å². The first-order valence-electron chi connectivity index (χ1n) is 6.37. The minimum atomic E-state index is -0.866. The Morgan fingerprint density at radius 3 is 2.77 bits per heavy atom. The summed E-state index contributed by atoms with van der Waals surface area (Å²) in [7, 11) is 0. The van der Waals surface area contributed by atoms with Crippen LogP contribution in [-0.4, -0.2) is 23.0 Å². The van der Waals surface area contributed by atoms with Gasteiger partial charge in [0.25, 0.3) is 0 Å². The fourth-order valence-electron chi connectivity index (χ4n) is 1.61. The van der Waals surface area contributed by atoms with Crippen molar-refractivity contribution < 1.29 is 9.59 Å². The van der Waals surface area contributed by atoms with E-state index in [4.69, 9.17) is 11.6 Å². The maximum atomic E-state index is 11.7. The second-order valence-corrected chi connectivity index (χ2v) is 4.84. The molecular weight excluding hydrogens is 304 g/mol. The van der Waals surface area contributed by atoms with Crippen LogP contribution in [0.5, 0.6) is 0 Å². The van der Waals surface area contributed by atoms with Crippen LogP contribution in [0.25, 0.3) is 0 Å². The number of hydrazone groups is 1. The molecule has 0 fully saturated rings. The van der Waals surface area contributed by atoms with Gasteiger partial charge in [-0.2, -0.15) is 5.10 Å². The first-order valence-corrected chi connectivity index (χ1v) is 6.74. The van der Waals surface area contributed by atoms with Crippen molar-refractivity contribution in [1.29, 1.82) is 0 Å². The Bertz CT molecular complexity index is 717. The molecule has 0 aliphatic rings. The average molecular weight is 317 g/mol. The van der Waals surface area contributed by atoms with Crippen LogP contribution in [0.4, 0.5) is 5.69 Å². The van der Waals surface area contributed by atoms with E-state index in [2.05, 4.69) is 20.8 Å². The molecule has 2 N–H and O–H groups in total. The number of carbonyl (C=O) groups excluding carboxylic acids is 2. The Hall–Kier alpha value is -2.73. The third kappa shape index (κ3) is 4.39. The molecule has 1 aromatic carbocycles. The van der Waals surface area contributed by atoms with E-state index >= 15 is 0 Å². The normalized spacial score (nSPS) is 10.5. The van der Waals surface area contributed by atoms with Crippen molar-refractivity contribution in [1.82, 2.24) is 10.4 Å². The van der Waals surface area contributed by atoms with E-state index < -0.39 is 11.8 Å². The first-order chi connectivity index (χ1) is 10.6. The minimum absolute atomic E-state index is 0.515. The van der Waals surface area contributed by atoms with Crippen LogP contribution in [0.1, 0.15) is 11.1 Å². The van der Waals surface area contributed by atoms with Crippen LogP contribution in [-0.2, 0) is 9.59 Å². The Morgan fingerprint density at radius 1 is 1.27 bits per heavy atom. The van der Waals surface area contributed by atoms with Gasteiger partial charge in [0.2, 0.25) is 0 Å². The van der Waals surface area contributed by atoms with E-state index in [1.54, 1.807) is 49.6 Å². The van der Waals surface area contributed by atoms with Gasteiger partial charge in [-0.1, -0.05) is 17.7 Å². The molecule has 2 aromatic rings. The van der Waals surface area contributed by atoms with Crippen LogP contribution >= 0.6 is 11.6 Å². The monoisotopic (exact) mass is 316 g/mol. The summed E-state index contributed by atoms with van der Waals surface area (Å²) < 4.78 is 0. The molecule has 2 rings (SSSR count). The average Bonchev–Trinajstić information content (AvgIpc) is 2.51. The lowest BCUT2D eigenvalue weighted by Gasteiger charge is -2.07. The van der Waals surface area contributed by atoms with Crippen LogP contribution < -0.4 is 10.7 Å². The van der Waals surface area contributed by atoms with Gasteiger partial charge in [-0.05, 0) is 36.8 Å². The number of aromatic nitrogens is 1. The highest BCUT2D eigenvalue weighted by molar-refractivity contribution is 6.39. The molecule has 0 unspecified atom stereocenters. The number of rotatable bonds is 3. The number of hydrogen-bond donors (Lipinski definition) is 2. The SMILES string of the molecule is Cc1cc(Cl)ccc1NC(=O)C(=O)N/N=C\c1cccnc1. The lowest BCUT2D eigenvalue weighted by molar-refractivity contribution is -0.136. The first kappa shape index (κ1) is 15.7. The highest BCUT2D eigenvalue weighted by Gasteiger charge is 2.13. The summed E-state index contributed by atoms with van der Waals surface area (Å²) in [6.45, 7) is 1.78. The maximum absolute atomic E-state index is 11.7. The van der Waals surface area contributed by atoms with Crippen molar-refractivity contribution in [2.75, 3.05) is 5.32 Å². The number of benzene rings is 1. The molecule has 0 radical (unpaired) electrons. The second-order valence-electron chi connectivity index (χ2n) is 4.40. The molecule has 7 heteroatoms. The standard InChI is InChI=1S/C15H13ClN4O2/c1-10-7-12(16)4-5-13(10)19-14(21)15(22)20-18-9-11-3-2-6-17-8-11/h2-9H,1H3,(H,19,21)(H,20,22)/b18-9-. The number of anilines is 1. The summed E-state index contributed by atoms with van der Waals surface area (Å²) in [6, 6.07) is 8.44. The Morgan fingerprint density at radius 2 is 2.09 bits per heavy atom. The van der Waals surface area contributed by atoms with Crippen molar-refractivity contribution in [3.63, 3.8) is 0 Å². The number of aryl methyl sites for hydroxylation is 1. The smallest absolute Gasteiger partial charge is 0.317 e. The van der Waals surface area contributed by atoms with Gasteiger partial charge in [-0.25, -0.2) is 5.43 Å². The zero-order valence-corrected chi connectivity index (χ0v) is 12.5. The molecule has 1 aromatic heterocycles. The zero-order valence-electron chi connectivity index (χ0n) is 11.7. The fourth-order valence-corrected chi connectivity index (χ4v) is 1.84. The van der Waals surface area contributed by atoms with Gasteiger partial charge >= 0.3 is 11.8 Å². The van der Waals surface area contributed by atoms with E-state index in [0.29, 0.717) is 16.3 Å². The van der Waals surface area contributed by atoms with E-state index in [1.807, 2.05) is 0 Å². The van der Waals surface area contributed by atoms with Crippen molar-refractivity contribution in [3.05, 3.63) is 58.9 Å². The van der Waals surface area contributed by atoms with Gasteiger partial charge in [0.05, 0.1) is 6.21 Å². The number of nitrogens with zero attached hydrogens (tertiary/aromatic N) is 2. The number of amides is 2. The maximum Gasteiger partial charge on any atom is 0.329 e. The molecule has 112 valence electrons. The van der Waals surface area contributed by atoms with Crippen molar-refractivity contribution in [2.45, 2.75) is 6.92 Å². The van der Waals surface area contributed by atoms with Gasteiger partial charge in [-0.15, -0.1) is 0 Å². The molecule has 0 aliphatic heterocycles. The Labute approximate surface area is 132 Å². The summed E-state index contributed by atoms with van der Waals surface area (Å²) in [5.41, 5.74) is 4.12. The van der Waals surface area contributed by atoms with Crippen LogP contribution in [0.15, 0.2) is 47.8 Å².